The summed E-state index contributed by atoms with van der Waals surface area (Å²) in [5.74, 6) is -0.612. The fraction of sp³-hybridized carbons (Fsp3) is 0.400. The van der Waals surface area contributed by atoms with Gasteiger partial charge in [-0.1, -0.05) is 0 Å². The van der Waals surface area contributed by atoms with Crippen LogP contribution in [0.15, 0.2) is 18.5 Å². The second-order valence-electron chi connectivity index (χ2n) is 3.39. The van der Waals surface area contributed by atoms with Gasteiger partial charge in [-0.15, -0.1) is 0 Å². The molecule has 1 aromatic heterocycles. The molecule has 0 bridgehead atoms. The van der Waals surface area contributed by atoms with Crippen LogP contribution in [0.2, 0.25) is 0 Å². The van der Waals surface area contributed by atoms with Gasteiger partial charge in [-0.25, -0.2) is 4.79 Å². The van der Waals surface area contributed by atoms with Crippen molar-refractivity contribution in [2.75, 3.05) is 19.7 Å². The standard InChI is InChI=1S/C10H11ClN2O3/c11-16-10(14)8-5-12-2-1-7(8)9-6-13-3-4-15-9/h1-2,5,9,13H,3-4,6H2. The molecule has 0 aliphatic carbocycles. The number of hydrogen-bond acceptors (Lipinski definition) is 5. The lowest BCUT2D eigenvalue weighted by atomic mass is 10.0. The summed E-state index contributed by atoms with van der Waals surface area (Å²) >= 11 is 5.06. The highest BCUT2D eigenvalue weighted by Crippen LogP contribution is 2.22. The first-order chi connectivity index (χ1) is 7.83. The fourth-order valence-corrected chi connectivity index (χ4v) is 1.75. The Labute approximate surface area is 97.9 Å². The molecule has 0 aromatic carbocycles. The highest BCUT2D eigenvalue weighted by Gasteiger charge is 2.22. The Kier molecular flexibility index (Phi) is 3.71. The average molecular weight is 243 g/mol. The van der Waals surface area contributed by atoms with Crippen molar-refractivity contribution in [3.8, 4) is 0 Å². The number of carbonyl (C=O) groups is 1. The summed E-state index contributed by atoms with van der Waals surface area (Å²) in [4.78, 5) is 15.3. The molecule has 2 heterocycles. The number of ether oxygens (including phenoxy) is 1. The predicted molar refractivity (Wildman–Crippen MR) is 57.1 cm³/mol. The van der Waals surface area contributed by atoms with Crippen LogP contribution in [0.1, 0.15) is 22.0 Å². The van der Waals surface area contributed by atoms with Crippen LogP contribution < -0.4 is 5.32 Å². The number of morpholine rings is 1. The fourth-order valence-electron chi connectivity index (χ4n) is 1.66. The normalized spacial score (nSPS) is 20.4. The van der Waals surface area contributed by atoms with Gasteiger partial charge in [0.2, 0.25) is 0 Å². The van der Waals surface area contributed by atoms with E-state index in [1.807, 2.05) is 0 Å². The lowest BCUT2D eigenvalue weighted by Gasteiger charge is -2.24. The number of pyridine rings is 1. The van der Waals surface area contributed by atoms with Gasteiger partial charge in [-0.05, 0) is 11.6 Å². The van der Waals surface area contributed by atoms with Gasteiger partial charge in [-0.3, -0.25) is 4.98 Å². The Morgan fingerprint density at radius 1 is 1.69 bits per heavy atom. The van der Waals surface area contributed by atoms with Crippen LogP contribution in [-0.2, 0) is 9.03 Å². The molecular formula is C10H11ClN2O3. The first-order valence-electron chi connectivity index (χ1n) is 4.92. The third-order valence-corrected chi connectivity index (χ3v) is 2.56. The van der Waals surface area contributed by atoms with Crippen LogP contribution >= 0.6 is 11.9 Å². The lowest BCUT2D eigenvalue weighted by molar-refractivity contribution is 0.0265. The number of hydrogen-bond donors (Lipinski definition) is 1. The molecule has 86 valence electrons. The molecule has 1 N–H and O–H groups in total. The van der Waals surface area contributed by atoms with Crippen LogP contribution in [0.4, 0.5) is 0 Å². The smallest absolute Gasteiger partial charge is 0.358 e. The molecule has 0 amide bonds. The predicted octanol–water partition coefficient (Wildman–Crippen LogP) is 1.05. The SMILES string of the molecule is O=C(OCl)c1cnccc1C1CNCCO1. The van der Waals surface area contributed by atoms with E-state index in [4.69, 9.17) is 16.6 Å². The van der Waals surface area contributed by atoms with E-state index in [0.717, 1.165) is 12.1 Å². The van der Waals surface area contributed by atoms with Gasteiger partial charge >= 0.3 is 5.97 Å². The van der Waals surface area contributed by atoms with Gasteiger partial charge in [-0.2, -0.15) is 0 Å². The maximum atomic E-state index is 11.4. The van der Waals surface area contributed by atoms with Gasteiger partial charge in [0.15, 0.2) is 0 Å². The van der Waals surface area contributed by atoms with E-state index in [1.54, 1.807) is 12.3 Å². The lowest BCUT2D eigenvalue weighted by Crippen LogP contribution is -2.34. The summed E-state index contributed by atoms with van der Waals surface area (Å²) in [5.41, 5.74) is 1.08. The molecule has 1 saturated heterocycles. The molecule has 1 fully saturated rings. The van der Waals surface area contributed by atoms with Crippen molar-refractivity contribution in [3.63, 3.8) is 0 Å². The molecule has 5 nitrogen and oxygen atoms in total. The van der Waals surface area contributed by atoms with Crippen molar-refractivity contribution in [2.45, 2.75) is 6.10 Å². The summed E-state index contributed by atoms with van der Waals surface area (Å²) in [7, 11) is 0. The topological polar surface area (TPSA) is 60.5 Å². The Bertz CT molecular complexity index is 380. The van der Waals surface area contributed by atoms with Crippen LogP contribution in [0, 0.1) is 0 Å². The van der Waals surface area contributed by atoms with Crippen molar-refractivity contribution < 1.29 is 13.8 Å². The van der Waals surface area contributed by atoms with Crippen molar-refractivity contribution in [1.29, 1.82) is 0 Å². The molecule has 1 aliphatic heterocycles. The summed E-state index contributed by atoms with van der Waals surface area (Å²) < 4.78 is 9.74. The minimum atomic E-state index is -0.612. The van der Waals surface area contributed by atoms with Crippen LogP contribution in [0.3, 0.4) is 0 Å². The van der Waals surface area contributed by atoms with Crippen molar-refractivity contribution >= 4 is 17.8 Å². The van der Waals surface area contributed by atoms with Crippen molar-refractivity contribution in [1.82, 2.24) is 10.3 Å². The number of aromatic nitrogens is 1. The average Bonchev–Trinajstić information content (AvgIpc) is 2.39. The van der Waals surface area contributed by atoms with E-state index < -0.39 is 5.97 Å². The summed E-state index contributed by atoms with van der Waals surface area (Å²) in [6.45, 7) is 2.09. The van der Waals surface area contributed by atoms with Crippen molar-refractivity contribution in [2.24, 2.45) is 0 Å². The Morgan fingerprint density at radius 3 is 3.25 bits per heavy atom. The molecule has 1 aliphatic rings. The summed E-state index contributed by atoms with van der Waals surface area (Å²) in [6, 6.07) is 1.74. The first-order valence-corrected chi connectivity index (χ1v) is 5.23. The molecule has 16 heavy (non-hydrogen) atoms. The van der Waals surface area contributed by atoms with E-state index in [9.17, 15) is 4.79 Å². The molecular weight excluding hydrogens is 232 g/mol. The number of nitrogens with one attached hydrogen (secondary N) is 1. The molecule has 2 rings (SSSR count). The molecule has 0 saturated carbocycles. The second-order valence-corrected chi connectivity index (χ2v) is 3.55. The van der Waals surface area contributed by atoms with Gasteiger partial charge in [0.05, 0.1) is 18.3 Å². The largest absolute Gasteiger partial charge is 0.371 e. The van der Waals surface area contributed by atoms with E-state index in [-0.39, 0.29) is 6.10 Å². The quantitative estimate of drug-likeness (QED) is 0.840. The highest BCUT2D eigenvalue weighted by molar-refractivity contribution is 6.16. The number of rotatable bonds is 2. The molecule has 6 heteroatoms. The van der Waals surface area contributed by atoms with E-state index in [2.05, 4.69) is 14.6 Å². The number of carbonyl (C=O) groups excluding carboxylic acids is 1. The monoisotopic (exact) mass is 242 g/mol. The summed E-state index contributed by atoms with van der Waals surface area (Å²) in [6.07, 6.45) is 2.87. The van der Waals surface area contributed by atoms with Crippen LogP contribution in [-0.4, -0.2) is 30.6 Å². The van der Waals surface area contributed by atoms with E-state index in [1.165, 1.54) is 6.20 Å². The zero-order valence-electron chi connectivity index (χ0n) is 8.48. The van der Waals surface area contributed by atoms with Crippen LogP contribution in [0.5, 0.6) is 0 Å². The molecule has 1 unspecified atom stereocenters. The zero-order valence-corrected chi connectivity index (χ0v) is 9.24. The molecule has 1 atom stereocenters. The first kappa shape index (κ1) is 11.3. The summed E-state index contributed by atoms with van der Waals surface area (Å²) in [5, 5.41) is 3.19. The maximum Gasteiger partial charge on any atom is 0.358 e. The second kappa shape index (κ2) is 5.25. The van der Waals surface area contributed by atoms with Crippen molar-refractivity contribution in [3.05, 3.63) is 29.6 Å². The van der Waals surface area contributed by atoms with Gasteiger partial charge in [0.25, 0.3) is 0 Å². The minimum absolute atomic E-state index is 0.164. The van der Waals surface area contributed by atoms with E-state index >= 15 is 0 Å². The van der Waals surface area contributed by atoms with Gasteiger partial charge in [0.1, 0.15) is 11.9 Å². The third-order valence-electron chi connectivity index (χ3n) is 2.42. The Hall–Kier alpha value is -1.17. The van der Waals surface area contributed by atoms with E-state index in [0.29, 0.717) is 18.7 Å². The van der Waals surface area contributed by atoms with Gasteiger partial charge < -0.3 is 14.3 Å². The maximum absolute atomic E-state index is 11.4. The van der Waals surface area contributed by atoms with Gasteiger partial charge in [0, 0.05) is 25.5 Å². The molecule has 0 radical (unpaired) electrons. The molecule has 0 spiro atoms. The Morgan fingerprint density at radius 2 is 2.56 bits per heavy atom. The minimum Gasteiger partial charge on any atom is -0.371 e. The zero-order chi connectivity index (χ0) is 11.4. The van der Waals surface area contributed by atoms with Crippen LogP contribution in [0.25, 0.3) is 0 Å². The number of nitrogens with zero attached hydrogens (tertiary/aromatic N) is 1. The third kappa shape index (κ3) is 2.32. The highest BCUT2D eigenvalue weighted by atomic mass is 35.5. The number of halogens is 1. The Balaban J connectivity index is 2.28. The molecule has 1 aromatic rings.